The monoisotopic (exact) mass is 514 g/mol. The summed E-state index contributed by atoms with van der Waals surface area (Å²) in [5.74, 6) is -8.77. The minimum Gasteiger partial charge on any atom is -0.504 e. The lowest BCUT2D eigenvalue weighted by atomic mass is 9.88. The number of carbonyl (C=O) groups is 4. The molecule has 38 heavy (non-hydrogen) atoms. The summed E-state index contributed by atoms with van der Waals surface area (Å²) >= 11 is 0. The van der Waals surface area contributed by atoms with Gasteiger partial charge in [-0.25, -0.2) is 14.0 Å². The van der Waals surface area contributed by atoms with Crippen LogP contribution in [0.4, 0.5) is 4.39 Å². The molecule has 0 saturated heterocycles. The highest BCUT2D eigenvalue weighted by Crippen LogP contribution is 2.46. The Morgan fingerprint density at radius 3 is 1.76 bits per heavy atom. The highest BCUT2D eigenvalue weighted by molar-refractivity contribution is 6.24. The fourth-order valence-electron chi connectivity index (χ4n) is 3.78. The van der Waals surface area contributed by atoms with Crippen molar-refractivity contribution < 1.29 is 43.3 Å². The van der Waals surface area contributed by atoms with Gasteiger partial charge in [0.2, 0.25) is 11.5 Å². The lowest BCUT2D eigenvalue weighted by molar-refractivity contribution is 0.0589. The van der Waals surface area contributed by atoms with E-state index in [4.69, 9.17) is 9.47 Å². The molecule has 0 heterocycles. The Balaban J connectivity index is 2.06. The van der Waals surface area contributed by atoms with Crippen LogP contribution >= 0.6 is 0 Å². The Morgan fingerprint density at radius 1 is 0.632 bits per heavy atom. The predicted octanol–water partition coefficient (Wildman–Crippen LogP) is 4.70. The van der Waals surface area contributed by atoms with E-state index in [0.29, 0.717) is 0 Å². The molecule has 0 spiro atoms. The van der Waals surface area contributed by atoms with Crippen molar-refractivity contribution in [3.8, 4) is 17.2 Å². The number of esters is 2. The van der Waals surface area contributed by atoms with Gasteiger partial charge in [0.25, 0.3) is 0 Å². The molecule has 4 rings (SSSR count). The average molecular weight is 514 g/mol. The molecular formula is C29H19FO8. The van der Waals surface area contributed by atoms with E-state index >= 15 is 0 Å². The number of ketones is 2. The van der Waals surface area contributed by atoms with Crippen LogP contribution in [0.25, 0.3) is 0 Å². The van der Waals surface area contributed by atoms with Gasteiger partial charge >= 0.3 is 11.9 Å². The number of aromatic hydroxyl groups is 2. The summed E-state index contributed by atoms with van der Waals surface area (Å²) in [7, 11) is 0.954. The molecule has 0 amide bonds. The number of halogens is 1. The molecule has 0 aliphatic rings. The molecular weight excluding hydrogens is 495 g/mol. The second-order valence-electron chi connectivity index (χ2n) is 7.90. The number of rotatable bonds is 7. The highest BCUT2D eigenvalue weighted by Gasteiger charge is 2.37. The molecule has 0 aromatic heterocycles. The average Bonchev–Trinajstić information content (AvgIpc) is 2.95. The zero-order valence-electron chi connectivity index (χ0n) is 19.8. The number of hydrogen-bond acceptors (Lipinski definition) is 8. The van der Waals surface area contributed by atoms with Gasteiger partial charge in [0, 0.05) is 5.56 Å². The Kier molecular flexibility index (Phi) is 7.29. The summed E-state index contributed by atoms with van der Waals surface area (Å²) in [6.45, 7) is 0. The van der Waals surface area contributed by atoms with E-state index in [-0.39, 0.29) is 11.1 Å². The second-order valence-corrected chi connectivity index (χ2v) is 7.90. The van der Waals surface area contributed by atoms with Crippen LogP contribution in [-0.2, 0) is 4.74 Å². The molecule has 0 bridgehead atoms. The molecule has 8 nitrogen and oxygen atoms in total. The van der Waals surface area contributed by atoms with Gasteiger partial charge < -0.3 is 19.7 Å². The van der Waals surface area contributed by atoms with Crippen LogP contribution in [0.3, 0.4) is 0 Å². The molecule has 4 aromatic rings. The summed E-state index contributed by atoms with van der Waals surface area (Å²) in [6.07, 6.45) is 0. The van der Waals surface area contributed by atoms with Crippen LogP contribution in [0, 0.1) is 5.82 Å². The third-order valence-corrected chi connectivity index (χ3v) is 5.61. The smallest absolute Gasteiger partial charge is 0.343 e. The maximum absolute atomic E-state index is 14.7. The molecule has 0 radical (unpaired) electrons. The van der Waals surface area contributed by atoms with Gasteiger partial charge in [-0.2, -0.15) is 0 Å². The van der Waals surface area contributed by atoms with Crippen molar-refractivity contribution in [1.82, 2.24) is 0 Å². The third-order valence-electron chi connectivity index (χ3n) is 5.61. The van der Waals surface area contributed by atoms with E-state index in [2.05, 4.69) is 0 Å². The van der Waals surface area contributed by atoms with Crippen molar-refractivity contribution in [1.29, 1.82) is 0 Å². The van der Waals surface area contributed by atoms with E-state index in [9.17, 15) is 33.8 Å². The van der Waals surface area contributed by atoms with E-state index in [1.807, 2.05) is 0 Å². The number of benzene rings is 4. The van der Waals surface area contributed by atoms with Gasteiger partial charge in [-0.1, -0.05) is 60.7 Å². The normalized spacial score (nSPS) is 10.5. The van der Waals surface area contributed by atoms with Gasteiger partial charge in [0.1, 0.15) is 5.82 Å². The number of phenolic OH excluding ortho intramolecular Hbond substituents is 2. The largest absolute Gasteiger partial charge is 0.504 e. The first kappa shape index (κ1) is 25.8. The molecule has 0 saturated carbocycles. The molecule has 2 N–H and O–H groups in total. The van der Waals surface area contributed by atoms with Gasteiger partial charge in [-0.05, 0) is 24.3 Å². The third kappa shape index (κ3) is 4.72. The number of carbonyl (C=O) groups excluding carboxylic acids is 4. The van der Waals surface area contributed by atoms with Gasteiger partial charge in [0.15, 0.2) is 17.3 Å². The summed E-state index contributed by atoms with van der Waals surface area (Å²) in [5.41, 5.74) is -3.02. The SMILES string of the molecule is COC(=O)c1c(C(=O)c2ccccc2)c(O)c(O)c(OC(=O)c2ccccc2)c1C(=O)c1ccccc1F. The minimum atomic E-state index is -1.28. The first-order chi connectivity index (χ1) is 18.3. The Morgan fingerprint density at radius 2 is 1.18 bits per heavy atom. The van der Waals surface area contributed by atoms with Crippen molar-refractivity contribution >= 4 is 23.5 Å². The summed E-state index contributed by atoms with van der Waals surface area (Å²) in [4.78, 5) is 53.0. The lowest BCUT2D eigenvalue weighted by Crippen LogP contribution is -2.21. The van der Waals surface area contributed by atoms with Crippen molar-refractivity contribution in [3.63, 3.8) is 0 Å². The first-order valence-electron chi connectivity index (χ1n) is 11.1. The maximum atomic E-state index is 14.7. The molecule has 0 fully saturated rings. The second kappa shape index (κ2) is 10.8. The molecule has 0 aliphatic heterocycles. The zero-order valence-corrected chi connectivity index (χ0v) is 19.8. The first-order valence-corrected chi connectivity index (χ1v) is 11.1. The summed E-state index contributed by atoms with van der Waals surface area (Å²) in [5, 5.41) is 21.8. The van der Waals surface area contributed by atoms with Crippen LogP contribution in [0.15, 0.2) is 84.9 Å². The number of ether oxygens (including phenoxy) is 2. The standard InChI is InChI=1S/C29H19FO8/c1-37-29(36)20-21(23(31)16-10-4-2-5-11-16)25(33)26(34)27(38-28(35)17-12-6-3-7-13-17)22(20)24(32)18-14-8-9-15-19(18)30/h2-15,33-34H,1H3. The van der Waals surface area contributed by atoms with Crippen LogP contribution in [0.2, 0.25) is 0 Å². The molecule has 9 heteroatoms. The Labute approximate surface area is 215 Å². The zero-order chi connectivity index (χ0) is 27.4. The molecule has 0 atom stereocenters. The van der Waals surface area contributed by atoms with Crippen LogP contribution in [-0.4, -0.2) is 40.8 Å². The Bertz CT molecular complexity index is 1560. The van der Waals surface area contributed by atoms with Crippen LogP contribution < -0.4 is 4.74 Å². The van der Waals surface area contributed by atoms with Crippen LogP contribution in [0.1, 0.15) is 52.6 Å². The van der Waals surface area contributed by atoms with E-state index in [1.54, 1.807) is 12.1 Å². The maximum Gasteiger partial charge on any atom is 0.343 e. The van der Waals surface area contributed by atoms with Crippen molar-refractivity contribution in [2.45, 2.75) is 0 Å². The fourth-order valence-corrected chi connectivity index (χ4v) is 3.78. The number of phenols is 2. The fraction of sp³-hybridized carbons (Fsp3) is 0.0345. The van der Waals surface area contributed by atoms with Crippen molar-refractivity contribution in [3.05, 3.63) is 124 Å². The lowest BCUT2D eigenvalue weighted by Gasteiger charge is -2.19. The quantitative estimate of drug-likeness (QED) is 0.157. The highest BCUT2D eigenvalue weighted by atomic mass is 19.1. The Hall–Kier alpha value is -5.31. The molecule has 4 aromatic carbocycles. The number of methoxy groups -OCH3 is 1. The van der Waals surface area contributed by atoms with Crippen molar-refractivity contribution in [2.75, 3.05) is 7.11 Å². The van der Waals surface area contributed by atoms with E-state index in [0.717, 1.165) is 19.2 Å². The van der Waals surface area contributed by atoms with Crippen molar-refractivity contribution in [2.24, 2.45) is 0 Å². The molecule has 190 valence electrons. The molecule has 0 aliphatic carbocycles. The van der Waals surface area contributed by atoms with E-state index in [1.165, 1.54) is 60.7 Å². The minimum absolute atomic E-state index is 0.000244. The predicted molar refractivity (Wildman–Crippen MR) is 132 cm³/mol. The van der Waals surface area contributed by atoms with Gasteiger partial charge in [-0.15, -0.1) is 0 Å². The van der Waals surface area contributed by atoms with Crippen LogP contribution in [0.5, 0.6) is 17.2 Å². The van der Waals surface area contributed by atoms with E-state index < -0.39 is 68.8 Å². The molecule has 0 unspecified atom stereocenters. The van der Waals surface area contributed by atoms with Gasteiger partial charge in [-0.3, -0.25) is 9.59 Å². The summed E-state index contributed by atoms with van der Waals surface area (Å²) < 4.78 is 24.8. The summed E-state index contributed by atoms with van der Waals surface area (Å²) in [6, 6.07) is 19.6. The number of hydrogen-bond donors (Lipinski definition) is 2. The topological polar surface area (TPSA) is 127 Å². The van der Waals surface area contributed by atoms with Gasteiger partial charge in [0.05, 0.1) is 34.9 Å².